The summed E-state index contributed by atoms with van der Waals surface area (Å²) in [4.78, 5) is 13.5. The zero-order valence-electron chi connectivity index (χ0n) is 11.1. The van der Waals surface area contributed by atoms with Gasteiger partial charge in [-0.1, -0.05) is 17.7 Å². The topological polar surface area (TPSA) is 72.3 Å². The Bertz CT molecular complexity index is 478. The Hall–Kier alpha value is -1.10. The fraction of sp³-hybridized carbons (Fsp3) is 0.500. The first-order valence-corrected chi connectivity index (χ1v) is 6.93. The Morgan fingerprint density at radius 1 is 1.53 bits per heavy atom. The summed E-state index contributed by atoms with van der Waals surface area (Å²) < 4.78 is 0. The molecule has 1 aromatic carbocycles. The predicted octanol–water partition coefficient (Wildman–Crippen LogP) is 1.75. The normalized spacial score (nSPS) is 24.4. The summed E-state index contributed by atoms with van der Waals surface area (Å²) >= 11 is 6.21. The number of amides is 1. The maximum atomic E-state index is 11.1. The van der Waals surface area contributed by atoms with Gasteiger partial charge in [0.25, 0.3) is 0 Å². The number of piperidine rings is 1. The Balaban J connectivity index is 2.09. The first-order chi connectivity index (χ1) is 8.97. The Labute approximate surface area is 118 Å². The van der Waals surface area contributed by atoms with Crippen molar-refractivity contribution < 1.29 is 4.79 Å². The largest absolute Gasteiger partial charge is 0.366 e. The molecule has 2 unspecified atom stereocenters. The molecule has 1 saturated heterocycles. The Kier molecular flexibility index (Phi) is 4.45. The molecule has 1 aliphatic heterocycles. The van der Waals surface area contributed by atoms with Crippen molar-refractivity contribution in [1.82, 2.24) is 4.90 Å². The van der Waals surface area contributed by atoms with Gasteiger partial charge in [-0.15, -0.1) is 0 Å². The minimum absolute atomic E-state index is 0.305. The molecule has 1 fully saturated rings. The van der Waals surface area contributed by atoms with Gasteiger partial charge in [0.2, 0.25) is 5.91 Å². The lowest BCUT2D eigenvalue weighted by Gasteiger charge is -2.36. The quantitative estimate of drug-likeness (QED) is 0.887. The highest BCUT2D eigenvalue weighted by Crippen LogP contribution is 2.23. The molecule has 0 spiro atoms. The molecule has 0 saturated carbocycles. The van der Waals surface area contributed by atoms with Crippen LogP contribution in [0.3, 0.4) is 0 Å². The van der Waals surface area contributed by atoms with Crippen LogP contribution in [-0.4, -0.2) is 29.4 Å². The number of halogens is 1. The molecule has 2 rings (SSSR count). The van der Waals surface area contributed by atoms with Crippen LogP contribution in [0.4, 0.5) is 0 Å². The summed E-state index contributed by atoms with van der Waals surface area (Å²) in [6.07, 6.45) is 2.03. The fourth-order valence-electron chi connectivity index (χ4n) is 2.54. The zero-order chi connectivity index (χ0) is 14.0. The Morgan fingerprint density at radius 2 is 2.26 bits per heavy atom. The molecule has 2 atom stereocenters. The van der Waals surface area contributed by atoms with E-state index in [1.54, 1.807) is 12.1 Å². The third-order valence-electron chi connectivity index (χ3n) is 3.77. The van der Waals surface area contributed by atoms with E-state index < -0.39 is 5.91 Å². The first kappa shape index (κ1) is 14.3. The molecule has 5 heteroatoms. The molecule has 1 aromatic rings. The van der Waals surface area contributed by atoms with Crippen molar-refractivity contribution in [3.8, 4) is 0 Å². The number of carbonyl (C=O) groups is 1. The van der Waals surface area contributed by atoms with Crippen LogP contribution in [0.1, 0.15) is 35.7 Å². The lowest BCUT2D eigenvalue weighted by molar-refractivity contribution is 0.1000. The van der Waals surface area contributed by atoms with E-state index in [4.69, 9.17) is 23.1 Å². The number of likely N-dealkylation sites (tertiary alicyclic amines) is 1. The first-order valence-electron chi connectivity index (χ1n) is 6.55. The molecule has 0 bridgehead atoms. The molecule has 1 aliphatic rings. The second kappa shape index (κ2) is 5.90. The number of hydrogen-bond donors (Lipinski definition) is 2. The van der Waals surface area contributed by atoms with Gasteiger partial charge in [0.15, 0.2) is 0 Å². The van der Waals surface area contributed by atoms with E-state index in [1.807, 2.05) is 6.07 Å². The minimum atomic E-state index is -0.453. The number of primary amides is 1. The van der Waals surface area contributed by atoms with Crippen molar-refractivity contribution in [1.29, 1.82) is 0 Å². The van der Waals surface area contributed by atoms with Crippen LogP contribution in [0.25, 0.3) is 0 Å². The molecule has 4 nitrogen and oxygen atoms in total. The summed E-state index contributed by atoms with van der Waals surface area (Å²) in [6.45, 7) is 3.95. The van der Waals surface area contributed by atoms with Crippen LogP contribution in [0.15, 0.2) is 18.2 Å². The molecular weight excluding hydrogens is 262 g/mol. The monoisotopic (exact) mass is 281 g/mol. The van der Waals surface area contributed by atoms with Gasteiger partial charge in [-0.05, 0) is 37.5 Å². The van der Waals surface area contributed by atoms with Crippen LogP contribution in [0, 0.1) is 0 Å². The summed E-state index contributed by atoms with van der Waals surface area (Å²) in [7, 11) is 0. The number of nitrogens with zero attached hydrogens (tertiary/aromatic N) is 1. The van der Waals surface area contributed by atoms with Gasteiger partial charge >= 0.3 is 0 Å². The average Bonchev–Trinajstić information content (AvgIpc) is 2.34. The standard InChI is InChI=1S/C14H20ClN3O/c1-9-6-12(16)4-5-18(9)8-11-3-2-10(14(17)19)7-13(11)15/h2-3,7,9,12H,4-6,8,16H2,1H3,(H2,17,19). The van der Waals surface area contributed by atoms with Crippen molar-refractivity contribution in [2.75, 3.05) is 6.54 Å². The average molecular weight is 282 g/mol. The van der Waals surface area contributed by atoms with E-state index in [0.29, 0.717) is 22.7 Å². The fourth-order valence-corrected chi connectivity index (χ4v) is 2.78. The highest BCUT2D eigenvalue weighted by molar-refractivity contribution is 6.31. The number of rotatable bonds is 3. The molecule has 19 heavy (non-hydrogen) atoms. The zero-order valence-corrected chi connectivity index (χ0v) is 11.9. The lowest BCUT2D eigenvalue weighted by atomic mass is 9.98. The van der Waals surface area contributed by atoms with Gasteiger partial charge in [-0.3, -0.25) is 9.69 Å². The van der Waals surface area contributed by atoms with Crippen molar-refractivity contribution in [3.05, 3.63) is 34.3 Å². The van der Waals surface area contributed by atoms with Gasteiger partial charge in [-0.25, -0.2) is 0 Å². The highest BCUT2D eigenvalue weighted by atomic mass is 35.5. The minimum Gasteiger partial charge on any atom is -0.366 e. The molecular formula is C14H20ClN3O. The SMILES string of the molecule is CC1CC(N)CCN1Cc1ccc(C(N)=O)cc1Cl. The van der Waals surface area contributed by atoms with E-state index >= 15 is 0 Å². The molecule has 1 amide bonds. The van der Waals surface area contributed by atoms with Crippen molar-refractivity contribution in [2.24, 2.45) is 11.5 Å². The lowest BCUT2D eigenvalue weighted by Crippen LogP contribution is -2.45. The Morgan fingerprint density at radius 3 is 2.84 bits per heavy atom. The summed E-state index contributed by atoms with van der Waals surface area (Å²) in [5.74, 6) is -0.453. The maximum absolute atomic E-state index is 11.1. The van der Waals surface area contributed by atoms with Crippen LogP contribution in [0.2, 0.25) is 5.02 Å². The van der Waals surface area contributed by atoms with Crippen LogP contribution in [-0.2, 0) is 6.54 Å². The number of hydrogen-bond acceptors (Lipinski definition) is 3. The van der Waals surface area contributed by atoms with E-state index in [1.165, 1.54) is 0 Å². The van der Waals surface area contributed by atoms with Crippen LogP contribution in [0.5, 0.6) is 0 Å². The highest BCUT2D eigenvalue weighted by Gasteiger charge is 2.23. The molecule has 4 N–H and O–H groups in total. The van der Waals surface area contributed by atoms with Gasteiger partial charge < -0.3 is 11.5 Å². The van der Waals surface area contributed by atoms with Gasteiger partial charge in [0, 0.05) is 35.8 Å². The third-order valence-corrected chi connectivity index (χ3v) is 4.12. The third kappa shape index (κ3) is 3.47. The molecule has 104 valence electrons. The van der Waals surface area contributed by atoms with Crippen LogP contribution >= 0.6 is 11.6 Å². The van der Waals surface area contributed by atoms with E-state index in [9.17, 15) is 4.79 Å². The number of benzene rings is 1. The maximum Gasteiger partial charge on any atom is 0.248 e. The van der Waals surface area contributed by atoms with E-state index in [2.05, 4.69) is 11.8 Å². The summed E-state index contributed by atoms with van der Waals surface area (Å²) in [6, 6.07) is 6.00. The molecule has 0 aromatic heterocycles. The van der Waals surface area contributed by atoms with Crippen LogP contribution < -0.4 is 11.5 Å². The van der Waals surface area contributed by atoms with Gasteiger partial charge in [-0.2, -0.15) is 0 Å². The number of nitrogens with two attached hydrogens (primary N) is 2. The predicted molar refractivity (Wildman–Crippen MR) is 77.1 cm³/mol. The van der Waals surface area contributed by atoms with Crippen molar-refractivity contribution in [2.45, 2.75) is 38.4 Å². The second-order valence-electron chi connectivity index (χ2n) is 5.27. The van der Waals surface area contributed by atoms with Crippen molar-refractivity contribution >= 4 is 17.5 Å². The van der Waals surface area contributed by atoms with E-state index in [0.717, 1.165) is 31.5 Å². The summed E-state index contributed by atoms with van der Waals surface area (Å²) in [5, 5.41) is 0.596. The van der Waals surface area contributed by atoms with E-state index in [-0.39, 0.29) is 0 Å². The molecule has 0 aliphatic carbocycles. The van der Waals surface area contributed by atoms with Crippen molar-refractivity contribution in [3.63, 3.8) is 0 Å². The van der Waals surface area contributed by atoms with Gasteiger partial charge in [0.05, 0.1) is 0 Å². The molecule has 0 radical (unpaired) electrons. The molecule has 1 heterocycles. The van der Waals surface area contributed by atoms with Gasteiger partial charge in [0.1, 0.15) is 0 Å². The smallest absolute Gasteiger partial charge is 0.248 e. The summed E-state index contributed by atoms with van der Waals surface area (Å²) in [5.41, 5.74) is 12.7. The number of carbonyl (C=O) groups excluding carboxylic acids is 1. The second-order valence-corrected chi connectivity index (χ2v) is 5.68.